The van der Waals surface area contributed by atoms with Crippen LogP contribution < -0.4 is 20.3 Å². The third-order valence-electron chi connectivity index (χ3n) is 11.5. The van der Waals surface area contributed by atoms with E-state index in [1.807, 2.05) is 0 Å². The lowest BCUT2D eigenvalue weighted by molar-refractivity contribution is 0.479. The van der Waals surface area contributed by atoms with Gasteiger partial charge in [-0.25, -0.2) is 0 Å². The van der Waals surface area contributed by atoms with Crippen LogP contribution in [-0.4, -0.2) is 20.6 Å². The first-order valence-corrected chi connectivity index (χ1v) is 19.7. The molecular weight excluding hydrogens is 805 g/mol. The predicted molar refractivity (Wildman–Crippen MR) is 272 cm³/mol. The van der Waals surface area contributed by atoms with E-state index in [9.17, 15) is 24.7 Å². The van der Waals surface area contributed by atoms with Crippen LogP contribution in [0, 0.1) is 0 Å². The summed E-state index contributed by atoms with van der Waals surface area (Å²) < 4.78 is 349. The lowest BCUT2D eigenvalue weighted by Gasteiger charge is -2.33. The highest BCUT2D eigenvalue weighted by molar-refractivity contribution is 6.84. The van der Waals surface area contributed by atoms with Crippen molar-refractivity contribution >= 4 is 83.3 Å². The van der Waals surface area contributed by atoms with Gasteiger partial charge in [0.15, 0.2) is 0 Å². The van der Waals surface area contributed by atoms with Gasteiger partial charge in [-0.3, -0.25) is 0 Å². The molecule has 0 N–H and O–H groups in total. The molecule has 3 aromatic heterocycles. The van der Waals surface area contributed by atoms with E-state index < -0.39 is 357 Å². The van der Waals surface area contributed by atoms with Gasteiger partial charge in [-0.15, -0.1) is 0 Å². The van der Waals surface area contributed by atoms with Crippen LogP contribution in [-0.2, 0) is 0 Å². The van der Waals surface area contributed by atoms with E-state index in [1.165, 1.54) is 0 Å². The van der Waals surface area contributed by atoms with Crippen molar-refractivity contribution in [1.82, 2.24) is 13.7 Å². The third-order valence-corrected chi connectivity index (χ3v) is 11.5. The van der Waals surface area contributed by atoms with Gasteiger partial charge in [-0.05, 0) is 83.6 Å². The molecule has 0 bridgehead atoms. The minimum Gasteiger partial charge on any atom is -0.551 e. The second-order valence-electron chi connectivity index (χ2n) is 14.8. The fourth-order valence-corrected chi connectivity index (χ4v) is 8.76. The zero-order valence-corrected chi connectivity index (χ0v) is 32.7. The quantitative estimate of drug-likeness (QED) is 0.165. The molecule has 0 spiro atoms. The highest BCUT2D eigenvalue weighted by Crippen LogP contribution is 2.44. The maximum absolute atomic E-state index is 10.4. The summed E-state index contributed by atoms with van der Waals surface area (Å²) in [4.78, 5) is 0. The number of aromatic nitrogens is 3. The summed E-state index contributed by atoms with van der Waals surface area (Å²) in [5.41, 5.74) is -11.3. The average Bonchev–Trinajstić information content (AvgIpc) is 1.29. The second-order valence-corrected chi connectivity index (χ2v) is 14.8. The van der Waals surface area contributed by atoms with Crippen LogP contribution in [0.2, 0.25) is 0 Å². The summed E-state index contributed by atoms with van der Waals surface area (Å²) in [5, 5.41) is -3.57. The van der Waals surface area contributed by atoms with Gasteiger partial charge >= 0.3 is 6.92 Å². The van der Waals surface area contributed by atoms with Crippen LogP contribution in [0.1, 0.15) is 49.3 Å². The van der Waals surface area contributed by atoms with E-state index in [2.05, 4.69) is 0 Å². The van der Waals surface area contributed by atoms with Gasteiger partial charge in [0, 0.05) is 66.1 Å². The first kappa shape index (κ1) is 15.8. The van der Waals surface area contributed by atoms with Crippen molar-refractivity contribution in [3.05, 3.63) is 218 Å². The molecule has 6 heteroatoms. The Morgan fingerprint density at radius 3 is 1.52 bits per heavy atom. The number of hydrogen-bond donors (Lipinski definition) is 0. The normalized spacial score (nSPS) is 20.4. The molecule has 15 rings (SSSR count). The number of rotatable bonds is 4. The van der Waals surface area contributed by atoms with Crippen molar-refractivity contribution in [3.8, 4) is 56.6 Å². The van der Waals surface area contributed by atoms with Gasteiger partial charge in [0.25, 0.3) is 0 Å². The van der Waals surface area contributed by atoms with Crippen molar-refractivity contribution in [2.24, 2.45) is 0 Å². The summed E-state index contributed by atoms with van der Waals surface area (Å²) in [6.45, 7) is -2.10. The third kappa shape index (κ3) is 4.90. The standard InChI is InChI=1S/C60H36BN3O2/c1-8-22-50(64-54-26-12-4-18-43(54)44-19-5-13-27-55(44)64)40(15-1)37-29-31-49-58(33-37)65-59-36-39(35-48-46-21-7-14-28-57(46)66-61(49)60(48)59)63-53-25-11-6-20-45(53)47-34-38(30-32-56(47)63)62-51-23-9-2-16-41(51)42-17-3-10-24-52(42)62/h1-36H/i1D,2D,3D,4D,5D,6D,7D,8D,9D,10D,11D,12D,13D,14D,15D,16D,17D,18D,19D,20D,21D,22D,23D,24D,25D,26D,27D,28D,29D,30D,31D,32D,33D,34D,35D,36D. The molecule has 0 fully saturated rings. The molecule has 2 aliphatic rings. The summed E-state index contributed by atoms with van der Waals surface area (Å²) in [6.07, 6.45) is 0. The van der Waals surface area contributed by atoms with E-state index in [0.29, 0.717) is 9.13 Å². The van der Waals surface area contributed by atoms with Crippen LogP contribution in [0.3, 0.4) is 0 Å². The molecule has 66 heavy (non-hydrogen) atoms. The number of ether oxygens (including phenoxy) is 1. The molecule has 0 unspecified atom stereocenters. The SMILES string of the molecule is [2H]c1c([2H])c([2H])c2c(c1[2H])OB1c3c([2H])c([2H])c(-c4c([2H])c([2H])c([2H])c([2H])c4-n4c5c([2H])c([2H])c([2H])c([2H])c5c5c([2H])c([2H])c([2H])c([2H])c54)c([2H])c3Oc3c([2H])c(-n4c5c([2H])c([2H])c([2H])c([2H])c5c5c([2H])c(-n6c7c([2H])c([2H])c([2H])c([2H])c7c7c([2H])c([2H])c([2H])c([2H])c76)c([2H])c([2H])c54)c([2H])c-2c31. The Morgan fingerprint density at radius 1 is 0.348 bits per heavy atom. The Morgan fingerprint density at radius 2 is 0.864 bits per heavy atom. The lowest BCUT2D eigenvalue weighted by atomic mass is 9.50. The van der Waals surface area contributed by atoms with Gasteiger partial charge < -0.3 is 23.1 Å². The predicted octanol–water partition coefficient (Wildman–Crippen LogP) is 13.9. The summed E-state index contributed by atoms with van der Waals surface area (Å²) in [6, 6.07) is -35.0. The Labute approximate surface area is 430 Å². The average molecular weight is 878 g/mol. The fraction of sp³-hybridized carbons (Fsp3) is 0. The molecule has 5 nitrogen and oxygen atoms in total. The number of para-hydroxylation sites is 7. The van der Waals surface area contributed by atoms with Crippen LogP contribution in [0.4, 0.5) is 0 Å². The van der Waals surface area contributed by atoms with E-state index in [4.69, 9.17) is 34.1 Å². The highest BCUT2D eigenvalue weighted by atomic mass is 16.5. The molecule has 0 saturated carbocycles. The van der Waals surface area contributed by atoms with Crippen molar-refractivity contribution < 1.29 is 58.7 Å². The molecule has 10 aromatic carbocycles. The Balaban J connectivity index is 1.10. The molecule has 5 heterocycles. The Hall–Kier alpha value is -8.74. The van der Waals surface area contributed by atoms with Crippen molar-refractivity contribution in [2.75, 3.05) is 0 Å². The second kappa shape index (κ2) is 13.4. The maximum Gasteiger partial charge on any atom is 0.434 e. The molecule has 0 atom stereocenters. The van der Waals surface area contributed by atoms with Crippen molar-refractivity contribution in [1.29, 1.82) is 0 Å². The topological polar surface area (TPSA) is 33.2 Å². The van der Waals surface area contributed by atoms with Crippen LogP contribution >= 0.6 is 0 Å². The van der Waals surface area contributed by atoms with Gasteiger partial charge in [-0.1, -0.05) is 139 Å². The lowest BCUT2D eigenvalue weighted by Crippen LogP contribution is -2.53. The number of hydrogen-bond acceptors (Lipinski definition) is 2. The fourth-order valence-electron chi connectivity index (χ4n) is 8.76. The minimum atomic E-state index is -2.10. The van der Waals surface area contributed by atoms with Gasteiger partial charge in [0.1, 0.15) is 17.2 Å². The summed E-state index contributed by atoms with van der Waals surface area (Å²) >= 11 is 0. The maximum atomic E-state index is 10.4. The van der Waals surface area contributed by atoms with Gasteiger partial charge in [0.2, 0.25) is 0 Å². The first-order chi connectivity index (χ1) is 47.8. The highest BCUT2D eigenvalue weighted by Gasteiger charge is 2.41. The molecule has 0 radical (unpaired) electrons. The summed E-state index contributed by atoms with van der Waals surface area (Å²) in [7, 11) is 0. The first-order valence-electron chi connectivity index (χ1n) is 37.7. The van der Waals surface area contributed by atoms with Crippen LogP contribution in [0.15, 0.2) is 218 Å². The molecular formula is C60H36BN3O2. The molecule has 306 valence electrons. The zero-order valence-electron chi connectivity index (χ0n) is 68.7. The molecule has 0 aliphatic carbocycles. The minimum absolute atomic E-state index is 0.520. The largest absolute Gasteiger partial charge is 0.551 e. The van der Waals surface area contributed by atoms with E-state index >= 15 is 0 Å². The number of fused-ring (bicyclic) bond motifs is 13. The zero-order chi connectivity index (χ0) is 74.4. The molecule has 13 aromatic rings. The molecule has 0 saturated heterocycles. The van der Waals surface area contributed by atoms with Crippen molar-refractivity contribution in [3.63, 3.8) is 0 Å². The van der Waals surface area contributed by atoms with E-state index in [1.54, 1.807) is 0 Å². The van der Waals surface area contributed by atoms with E-state index in [0.717, 1.165) is 4.57 Å². The van der Waals surface area contributed by atoms with Crippen LogP contribution in [0.25, 0.3) is 105 Å². The number of nitrogens with zero attached hydrogens (tertiary/aromatic N) is 3. The smallest absolute Gasteiger partial charge is 0.434 e. The Bertz CT molecular complexity index is 6200. The van der Waals surface area contributed by atoms with Crippen molar-refractivity contribution in [2.45, 2.75) is 0 Å². The molecule has 2 aliphatic heterocycles. The number of benzene rings is 10. The molecule has 0 amide bonds. The summed E-state index contributed by atoms with van der Waals surface area (Å²) in [5.74, 6) is -2.59. The monoisotopic (exact) mass is 878 g/mol. The van der Waals surface area contributed by atoms with Gasteiger partial charge in [0.05, 0.1) is 93.8 Å². The van der Waals surface area contributed by atoms with E-state index in [-0.39, 0.29) is 0 Å². The van der Waals surface area contributed by atoms with Gasteiger partial charge in [-0.2, -0.15) is 0 Å². The Kier molecular flexibility index (Phi) is 3.20. The van der Waals surface area contributed by atoms with Crippen LogP contribution in [0.5, 0.6) is 17.2 Å².